The maximum absolute atomic E-state index is 14.5. The Labute approximate surface area is 192 Å². The Morgan fingerprint density at radius 2 is 1.94 bits per heavy atom. The third kappa shape index (κ3) is 3.04. The van der Waals surface area contributed by atoms with Gasteiger partial charge in [0.2, 0.25) is 5.95 Å². The van der Waals surface area contributed by atoms with E-state index >= 15 is 0 Å². The molecule has 2 aliphatic heterocycles. The number of benzene rings is 1. The summed E-state index contributed by atoms with van der Waals surface area (Å²) >= 11 is 0. The van der Waals surface area contributed by atoms with E-state index in [1.807, 2.05) is 23.1 Å². The molecule has 1 saturated heterocycles. The number of nitrogens with two attached hydrogens (primary N) is 1. The largest absolute Gasteiger partial charge is 0.369 e. The normalized spacial score (nSPS) is 17.7. The van der Waals surface area contributed by atoms with E-state index in [4.69, 9.17) is 5.73 Å². The van der Waals surface area contributed by atoms with E-state index < -0.39 is 17.4 Å². The summed E-state index contributed by atoms with van der Waals surface area (Å²) in [5.41, 5.74) is 6.33. The van der Waals surface area contributed by atoms with Crippen LogP contribution in [-0.4, -0.2) is 43.0 Å². The number of anilines is 3. The van der Waals surface area contributed by atoms with Crippen molar-refractivity contribution in [3.8, 4) is 5.69 Å². The van der Waals surface area contributed by atoms with Crippen LogP contribution >= 0.6 is 0 Å². The molecule has 1 fully saturated rings. The van der Waals surface area contributed by atoms with Crippen molar-refractivity contribution in [1.82, 2.24) is 24.1 Å². The molecule has 0 spiro atoms. The first kappa shape index (κ1) is 20.3. The van der Waals surface area contributed by atoms with Crippen LogP contribution in [0.2, 0.25) is 0 Å². The first-order chi connectivity index (χ1) is 16.5. The first-order valence-corrected chi connectivity index (χ1v) is 11.1. The number of halogens is 1. The van der Waals surface area contributed by atoms with Crippen molar-refractivity contribution in [1.29, 1.82) is 0 Å². The van der Waals surface area contributed by atoms with Gasteiger partial charge in [0.05, 0.1) is 11.7 Å². The lowest BCUT2D eigenvalue weighted by Crippen LogP contribution is -2.35. The molecule has 0 bridgehead atoms. The molecular weight excluding hydrogens is 439 g/mol. The average Bonchev–Trinajstić information content (AvgIpc) is 3.46. The molecule has 0 unspecified atom stereocenters. The molecule has 172 valence electrons. The van der Waals surface area contributed by atoms with Gasteiger partial charge in [-0.2, -0.15) is 15.1 Å². The summed E-state index contributed by atoms with van der Waals surface area (Å²) in [7, 11) is 0. The molecule has 34 heavy (non-hydrogen) atoms. The maximum Gasteiger partial charge on any atom is 0.285 e. The van der Waals surface area contributed by atoms with Gasteiger partial charge in [0, 0.05) is 25.7 Å². The zero-order chi connectivity index (χ0) is 23.4. The fraction of sp³-hybridized carbons (Fsp3) is 0.261. The van der Waals surface area contributed by atoms with Crippen molar-refractivity contribution >= 4 is 28.9 Å². The first-order valence-electron chi connectivity index (χ1n) is 11.1. The number of nitrogens with one attached hydrogen (secondary N) is 1. The maximum atomic E-state index is 14.5. The molecule has 1 aromatic carbocycles. The molecule has 3 N–H and O–H groups in total. The second-order valence-electron chi connectivity index (χ2n) is 8.37. The van der Waals surface area contributed by atoms with Crippen LogP contribution in [0.15, 0.2) is 47.4 Å². The van der Waals surface area contributed by atoms with E-state index in [2.05, 4.69) is 20.4 Å². The van der Waals surface area contributed by atoms with Crippen LogP contribution < -0.4 is 21.5 Å². The monoisotopic (exact) mass is 460 g/mol. The molecule has 0 aliphatic carbocycles. The lowest BCUT2D eigenvalue weighted by Gasteiger charge is -2.30. The minimum absolute atomic E-state index is 0.0536. The molecule has 2 aliphatic rings. The van der Waals surface area contributed by atoms with Crippen molar-refractivity contribution in [2.45, 2.75) is 25.3 Å². The summed E-state index contributed by atoms with van der Waals surface area (Å²) in [4.78, 5) is 36.9. The third-order valence-corrected chi connectivity index (χ3v) is 6.33. The van der Waals surface area contributed by atoms with Gasteiger partial charge in [0.15, 0.2) is 22.9 Å². The van der Waals surface area contributed by atoms with Crippen molar-refractivity contribution < 1.29 is 9.18 Å². The smallest absolute Gasteiger partial charge is 0.285 e. The van der Waals surface area contributed by atoms with Crippen LogP contribution in [0, 0.1) is 5.82 Å². The van der Waals surface area contributed by atoms with Gasteiger partial charge in [0.25, 0.3) is 5.56 Å². The SMILES string of the molecule is Nc1nc2c(c(N3CCC[C@H]3c3nn4ccc(F)c4c(=O)n3-c3ccccc3)n1)C(=O)CCN2. The predicted octanol–water partition coefficient (Wildman–Crippen LogP) is 2.34. The molecule has 0 radical (unpaired) electrons. The summed E-state index contributed by atoms with van der Waals surface area (Å²) in [6, 6.07) is 9.85. The average molecular weight is 460 g/mol. The van der Waals surface area contributed by atoms with Crippen molar-refractivity contribution in [2.75, 3.05) is 29.0 Å². The number of nitrogen functional groups attached to an aromatic ring is 1. The van der Waals surface area contributed by atoms with Crippen molar-refractivity contribution in [3.63, 3.8) is 0 Å². The number of aromatic nitrogens is 5. The molecule has 4 aromatic rings. The lowest BCUT2D eigenvalue weighted by molar-refractivity contribution is 0.0983. The number of carbonyl (C=O) groups is 1. The van der Waals surface area contributed by atoms with Crippen LogP contribution in [0.25, 0.3) is 11.2 Å². The standard InChI is InChI=1S/C23H21FN8O2/c24-14-9-12-31-18(14)22(34)32(13-5-2-1-3-6-13)20(29-31)15-7-4-11-30(15)21-17-16(33)8-10-26-19(17)27-23(25)28-21/h1-3,5-6,9,12,15H,4,7-8,10-11H2,(H3,25,26,27,28)/t15-/m0/s1. The lowest BCUT2D eigenvalue weighted by atomic mass is 10.1. The predicted molar refractivity (Wildman–Crippen MR) is 124 cm³/mol. The van der Waals surface area contributed by atoms with Crippen LogP contribution in [-0.2, 0) is 0 Å². The fourth-order valence-corrected chi connectivity index (χ4v) is 4.86. The summed E-state index contributed by atoms with van der Waals surface area (Å²) in [6.07, 6.45) is 3.21. The number of carbonyl (C=O) groups excluding carboxylic acids is 1. The molecule has 6 rings (SSSR count). The van der Waals surface area contributed by atoms with Gasteiger partial charge < -0.3 is 16.0 Å². The highest BCUT2D eigenvalue weighted by Gasteiger charge is 2.36. The third-order valence-electron chi connectivity index (χ3n) is 6.33. The molecule has 5 heterocycles. The highest BCUT2D eigenvalue weighted by atomic mass is 19.1. The highest BCUT2D eigenvalue weighted by Crippen LogP contribution is 2.39. The fourth-order valence-electron chi connectivity index (χ4n) is 4.86. The van der Waals surface area contributed by atoms with Gasteiger partial charge in [-0.05, 0) is 31.0 Å². The van der Waals surface area contributed by atoms with Gasteiger partial charge >= 0.3 is 0 Å². The molecule has 11 heteroatoms. The van der Waals surface area contributed by atoms with E-state index in [9.17, 15) is 14.0 Å². The Balaban J connectivity index is 1.58. The second-order valence-corrected chi connectivity index (χ2v) is 8.37. The summed E-state index contributed by atoms with van der Waals surface area (Å²) < 4.78 is 17.2. The van der Waals surface area contributed by atoms with Crippen LogP contribution in [0.3, 0.4) is 0 Å². The summed E-state index contributed by atoms with van der Waals surface area (Å²) in [5.74, 6) is 0.629. The number of nitrogens with zero attached hydrogens (tertiary/aromatic N) is 6. The molecule has 0 amide bonds. The van der Waals surface area contributed by atoms with E-state index in [1.165, 1.54) is 21.3 Å². The number of ketones is 1. The Hall–Kier alpha value is -4.28. The number of hydrogen-bond acceptors (Lipinski definition) is 8. The van der Waals surface area contributed by atoms with Crippen molar-refractivity contribution in [2.24, 2.45) is 0 Å². The minimum atomic E-state index is -0.633. The Kier molecular flexibility index (Phi) is 4.57. The van der Waals surface area contributed by atoms with Gasteiger partial charge in [0.1, 0.15) is 17.2 Å². The highest BCUT2D eigenvalue weighted by molar-refractivity contribution is 6.06. The Bertz CT molecular complexity index is 1500. The Morgan fingerprint density at radius 3 is 2.76 bits per heavy atom. The topological polar surface area (TPSA) is 123 Å². The van der Waals surface area contributed by atoms with Gasteiger partial charge in [-0.1, -0.05) is 18.2 Å². The minimum Gasteiger partial charge on any atom is -0.369 e. The summed E-state index contributed by atoms with van der Waals surface area (Å²) in [6.45, 7) is 1.07. The zero-order valence-electron chi connectivity index (χ0n) is 18.1. The van der Waals surface area contributed by atoms with E-state index in [0.29, 0.717) is 54.6 Å². The van der Waals surface area contributed by atoms with Crippen LogP contribution in [0.1, 0.15) is 41.5 Å². The quantitative estimate of drug-likeness (QED) is 0.478. The van der Waals surface area contributed by atoms with Gasteiger partial charge in [-0.3, -0.25) is 14.2 Å². The number of rotatable bonds is 3. The molecular formula is C23H21FN8O2. The second kappa shape index (κ2) is 7.65. The molecule has 1 atom stereocenters. The number of hydrogen-bond donors (Lipinski definition) is 2. The van der Waals surface area contributed by atoms with Crippen molar-refractivity contribution in [3.05, 3.63) is 70.2 Å². The molecule has 10 nitrogen and oxygen atoms in total. The van der Waals surface area contributed by atoms with E-state index in [0.717, 1.165) is 6.42 Å². The zero-order valence-corrected chi connectivity index (χ0v) is 18.1. The molecule has 0 saturated carbocycles. The van der Waals surface area contributed by atoms with Gasteiger partial charge in [-0.25, -0.2) is 8.91 Å². The summed E-state index contributed by atoms with van der Waals surface area (Å²) in [5, 5.41) is 7.80. The Morgan fingerprint density at radius 1 is 1.12 bits per heavy atom. The van der Waals surface area contributed by atoms with Crippen LogP contribution in [0.5, 0.6) is 0 Å². The van der Waals surface area contributed by atoms with E-state index in [1.54, 1.807) is 12.1 Å². The number of fused-ring (bicyclic) bond motifs is 2. The van der Waals surface area contributed by atoms with E-state index in [-0.39, 0.29) is 17.2 Å². The van der Waals surface area contributed by atoms with Gasteiger partial charge in [-0.15, -0.1) is 0 Å². The molecule has 3 aromatic heterocycles. The van der Waals surface area contributed by atoms with Crippen LogP contribution in [0.4, 0.5) is 22.0 Å². The number of para-hydroxylation sites is 1. The number of Topliss-reactive ketones (excluding diaryl/α,β-unsaturated/α-hetero) is 1.